The first-order valence-corrected chi connectivity index (χ1v) is 16.7. The largest absolute Gasteiger partial charge is 0.307 e. The van der Waals surface area contributed by atoms with Gasteiger partial charge in [0.05, 0.1) is 40.5 Å². The molecule has 0 bridgehead atoms. The van der Waals surface area contributed by atoms with E-state index in [-0.39, 0.29) is 0 Å². The number of benzene rings is 8. The zero-order chi connectivity index (χ0) is 34.5. The van der Waals surface area contributed by atoms with Crippen molar-refractivity contribution < 1.29 is 0 Å². The highest BCUT2D eigenvalue weighted by Gasteiger charge is 2.21. The smallest absolute Gasteiger partial charge is 0.188 e. The molecule has 0 N–H and O–H groups in total. The summed E-state index contributed by atoms with van der Waals surface area (Å²) in [6.45, 7) is 8.20. The molecular weight excluding hydrogens is 621 g/mol. The Morgan fingerprint density at radius 3 is 1.71 bits per heavy atom. The van der Waals surface area contributed by atoms with Crippen molar-refractivity contribution in [3.05, 3.63) is 180 Å². The summed E-state index contributed by atoms with van der Waals surface area (Å²) in [5.41, 5.74) is 10.2. The molecule has 0 fully saturated rings. The van der Waals surface area contributed by atoms with Crippen molar-refractivity contribution in [3.63, 3.8) is 0 Å². The molecular formula is C47H26N4. The van der Waals surface area contributed by atoms with Crippen LogP contribution in [-0.2, 0) is 0 Å². The van der Waals surface area contributed by atoms with Gasteiger partial charge in [-0.2, -0.15) is 10.5 Å². The number of nitriles is 2. The van der Waals surface area contributed by atoms with Gasteiger partial charge >= 0.3 is 0 Å². The first-order valence-electron chi connectivity index (χ1n) is 16.7. The maximum Gasteiger partial charge on any atom is 0.188 e. The SMILES string of the molecule is [C-]#[N+]c1cc(-c2cccc(C#N)c2-n2c3ccccc3c3cc(C#N)ccc32)cc(-c2c3ccccc3c(-c3ccccc3)c3ccccc23)c1. The zero-order valence-electron chi connectivity index (χ0n) is 27.3. The minimum atomic E-state index is 0.511. The predicted octanol–water partition coefficient (Wildman–Crippen LogP) is 12.4. The molecule has 234 valence electrons. The summed E-state index contributed by atoms with van der Waals surface area (Å²) in [4.78, 5) is 3.97. The summed E-state index contributed by atoms with van der Waals surface area (Å²) in [6, 6.07) is 57.9. The normalized spacial score (nSPS) is 11.1. The van der Waals surface area contributed by atoms with Crippen LogP contribution in [0.2, 0.25) is 0 Å². The average molecular weight is 647 g/mol. The van der Waals surface area contributed by atoms with Crippen molar-refractivity contribution in [2.75, 3.05) is 0 Å². The summed E-state index contributed by atoms with van der Waals surface area (Å²) in [5, 5.41) is 26.7. The van der Waals surface area contributed by atoms with E-state index in [4.69, 9.17) is 6.57 Å². The van der Waals surface area contributed by atoms with Crippen LogP contribution in [0.4, 0.5) is 5.69 Å². The molecule has 4 nitrogen and oxygen atoms in total. The molecule has 0 saturated carbocycles. The van der Waals surface area contributed by atoms with Crippen LogP contribution < -0.4 is 0 Å². The molecule has 1 aromatic heterocycles. The Morgan fingerprint density at radius 1 is 0.471 bits per heavy atom. The van der Waals surface area contributed by atoms with Gasteiger partial charge < -0.3 is 4.57 Å². The second-order valence-electron chi connectivity index (χ2n) is 12.6. The van der Waals surface area contributed by atoms with Gasteiger partial charge in [0, 0.05) is 16.3 Å². The molecule has 1 heterocycles. The Bertz CT molecular complexity index is 2940. The van der Waals surface area contributed by atoms with E-state index >= 15 is 0 Å². The minimum Gasteiger partial charge on any atom is -0.307 e. The average Bonchev–Trinajstić information content (AvgIpc) is 3.52. The summed E-state index contributed by atoms with van der Waals surface area (Å²) in [5.74, 6) is 0. The highest BCUT2D eigenvalue weighted by Crippen LogP contribution is 2.46. The second kappa shape index (κ2) is 11.9. The fraction of sp³-hybridized carbons (Fsp3) is 0. The van der Waals surface area contributed by atoms with Crippen molar-refractivity contribution in [2.45, 2.75) is 0 Å². The quantitative estimate of drug-likeness (QED) is 0.141. The van der Waals surface area contributed by atoms with Crippen LogP contribution in [0.1, 0.15) is 11.1 Å². The number of hydrogen-bond donors (Lipinski definition) is 0. The molecule has 4 heteroatoms. The highest BCUT2D eigenvalue weighted by molar-refractivity contribution is 6.21. The van der Waals surface area contributed by atoms with Crippen LogP contribution in [0.5, 0.6) is 0 Å². The molecule has 0 radical (unpaired) electrons. The van der Waals surface area contributed by atoms with Crippen LogP contribution >= 0.6 is 0 Å². The number of rotatable bonds is 4. The standard InChI is InChI=1S/C47H26N4/c1-50-35-26-33(36-20-11-14-32(29-49)47(36)51-43-21-10-9-15-37(43)42-24-30(28-48)22-23-44(42)51)25-34(27-35)46-40-18-7-5-16-38(40)45(31-12-3-2-4-13-31)39-17-6-8-19-41(39)46/h2-27H. The van der Waals surface area contributed by atoms with Gasteiger partial charge in [0.2, 0.25) is 0 Å². The molecule has 9 aromatic rings. The molecule has 0 aliphatic heterocycles. The van der Waals surface area contributed by atoms with E-state index in [1.165, 1.54) is 5.56 Å². The van der Waals surface area contributed by atoms with Crippen LogP contribution in [0, 0.1) is 29.2 Å². The molecule has 8 aromatic carbocycles. The second-order valence-corrected chi connectivity index (χ2v) is 12.6. The van der Waals surface area contributed by atoms with E-state index in [2.05, 4.69) is 106 Å². The number of nitrogens with zero attached hydrogens (tertiary/aromatic N) is 4. The first-order chi connectivity index (χ1) is 25.2. The van der Waals surface area contributed by atoms with Crippen LogP contribution in [0.15, 0.2) is 158 Å². The number of fused-ring (bicyclic) bond motifs is 5. The number of hydrogen-bond acceptors (Lipinski definition) is 2. The zero-order valence-corrected chi connectivity index (χ0v) is 27.3. The van der Waals surface area contributed by atoms with E-state index in [1.807, 2.05) is 72.8 Å². The van der Waals surface area contributed by atoms with Crippen molar-refractivity contribution in [1.82, 2.24) is 4.57 Å². The van der Waals surface area contributed by atoms with Gasteiger partial charge in [-0.3, -0.25) is 0 Å². The minimum absolute atomic E-state index is 0.511. The van der Waals surface area contributed by atoms with Gasteiger partial charge in [0.1, 0.15) is 6.07 Å². The van der Waals surface area contributed by atoms with E-state index in [0.717, 1.165) is 76.9 Å². The van der Waals surface area contributed by atoms with Crippen molar-refractivity contribution in [2.24, 2.45) is 0 Å². The van der Waals surface area contributed by atoms with E-state index in [9.17, 15) is 10.5 Å². The Balaban J connectivity index is 1.37. The van der Waals surface area contributed by atoms with Crippen LogP contribution in [-0.4, -0.2) is 4.57 Å². The Hall–Kier alpha value is -7.45. The molecule has 9 rings (SSSR count). The van der Waals surface area contributed by atoms with Gasteiger partial charge in [-0.05, 0) is 97.9 Å². The predicted molar refractivity (Wildman–Crippen MR) is 208 cm³/mol. The lowest BCUT2D eigenvalue weighted by Crippen LogP contribution is -2.01. The first kappa shape index (κ1) is 29.7. The van der Waals surface area contributed by atoms with E-state index in [0.29, 0.717) is 16.8 Å². The molecule has 0 aliphatic carbocycles. The van der Waals surface area contributed by atoms with Gasteiger partial charge in [-0.1, -0.05) is 109 Å². The van der Waals surface area contributed by atoms with E-state index < -0.39 is 0 Å². The monoisotopic (exact) mass is 646 g/mol. The number of aromatic nitrogens is 1. The number of para-hydroxylation sites is 2. The maximum atomic E-state index is 10.6. The lowest BCUT2D eigenvalue weighted by atomic mass is 9.85. The molecule has 0 aliphatic rings. The lowest BCUT2D eigenvalue weighted by Gasteiger charge is -2.20. The molecule has 51 heavy (non-hydrogen) atoms. The third kappa shape index (κ3) is 4.66. The summed E-state index contributed by atoms with van der Waals surface area (Å²) >= 11 is 0. The van der Waals surface area contributed by atoms with E-state index in [1.54, 1.807) is 0 Å². The molecule has 0 atom stereocenters. The van der Waals surface area contributed by atoms with Crippen molar-refractivity contribution >= 4 is 49.0 Å². The Kier molecular flexibility index (Phi) is 6.93. The summed E-state index contributed by atoms with van der Waals surface area (Å²) < 4.78 is 2.13. The van der Waals surface area contributed by atoms with Gasteiger partial charge in [-0.25, -0.2) is 4.85 Å². The molecule has 0 amide bonds. The molecule has 0 spiro atoms. The van der Waals surface area contributed by atoms with Gasteiger partial charge in [-0.15, -0.1) is 0 Å². The van der Waals surface area contributed by atoms with Gasteiger partial charge in [0.15, 0.2) is 5.69 Å². The topological polar surface area (TPSA) is 56.9 Å². The maximum absolute atomic E-state index is 10.6. The Morgan fingerprint density at radius 2 is 1.06 bits per heavy atom. The Labute approximate surface area is 294 Å². The highest BCUT2D eigenvalue weighted by atomic mass is 15.0. The van der Waals surface area contributed by atoms with Crippen LogP contribution in [0.25, 0.3) is 87.3 Å². The third-order valence-corrected chi connectivity index (χ3v) is 9.82. The fourth-order valence-electron chi connectivity index (χ4n) is 7.72. The van der Waals surface area contributed by atoms with Crippen molar-refractivity contribution in [3.8, 4) is 51.2 Å². The molecule has 0 unspecified atom stereocenters. The van der Waals surface area contributed by atoms with Gasteiger partial charge in [0.25, 0.3) is 0 Å². The van der Waals surface area contributed by atoms with Crippen molar-refractivity contribution in [1.29, 1.82) is 10.5 Å². The summed E-state index contributed by atoms with van der Waals surface area (Å²) in [7, 11) is 0. The lowest BCUT2D eigenvalue weighted by molar-refractivity contribution is 1.17. The third-order valence-electron chi connectivity index (χ3n) is 9.82. The molecule has 0 saturated heterocycles. The fourth-order valence-corrected chi connectivity index (χ4v) is 7.72. The van der Waals surface area contributed by atoms with Crippen LogP contribution in [0.3, 0.4) is 0 Å². The summed E-state index contributed by atoms with van der Waals surface area (Å²) in [6.07, 6.45) is 0.